The molecule has 0 bridgehead atoms. The number of carbonyl (C=O) groups is 2. The monoisotopic (exact) mass is 439 g/mol. The summed E-state index contributed by atoms with van der Waals surface area (Å²) < 4.78 is 7.38. The van der Waals surface area contributed by atoms with Crippen molar-refractivity contribution in [2.24, 2.45) is 4.99 Å². The zero-order chi connectivity index (χ0) is 21.4. The van der Waals surface area contributed by atoms with Crippen LogP contribution in [0.5, 0.6) is 0 Å². The van der Waals surface area contributed by atoms with E-state index < -0.39 is 11.9 Å². The molecule has 4 rings (SSSR count). The standard InChI is InChI=1S/C22H18ClN3O3S/c1-12-4-5-14-10-15(6-8-17(14)24-12)21(28)25-22-26(11-19(27)29-3)20-13(2)16(23)7-9-18(20)30-22/h4-10H,11H2,1-3H3. The number of aromatic nitrogens is 2. The van der Waals surface area contributed by atoms with E-state index in [1.165, 1.54) is 18.4 Å². The first-order valence-corrected chi connectivity index (χ1v) is 10.4. The molecule has 0 saturated carbocycles. The van der Waals surface area contributed by atoms with Crippen molar-refractivity contribution in [2.75, 3.05) is 7.11 Å². The van der Waals surface area contributed by atoms with E-state index in [-0.39, 0.29) is 6.54 Å². The molecule has 0 radical (unpaired) electrons. The zero-order valence-electron chi connectivity index (χ0n) is 16.6. The summed E-state index contributed by atoms with van der Waals surface area (Å²) in [5.41, 5.74) is 3.76. The van der Waals surface area contributed by atoms with Crippen LogP contribution in [0.1, 0.15) is 21.6 Å². The van der Waals surface area contributed by atoms with Crippen molar-refractivity contribution in [3.8, 4) is 0 Å². The number of methoxy groups -OCH3 is 1. The first-order chi connectivity index (χ1) is 14.4. The number of hydrogen-bond acceptors (Lipinski definition) is 5. The summed E-state index contributed by atoms with van der Waals surface area (Å²) >= 11 is 7.60. The number of amides is 1. The van der Waals surface area contributed by atoms with Gasteiger partial charge in [-0.3, -0.25) is 14.6 Å². The average Bonchev–Trinajstić information content (AvgIpc) is 3.07. The number of pyridine rings is 1. The van der Waals surface area contributed by atoms with Crippen molar-refractivity contribution in [3.05, 3.63) is 69.1 Å². The summed E-state index contributed by atoms with van der Waals surface area (Å²) in [6, 6.07) is 12.8. The quantitative estimate of drug-likeness (QED) is 0.442. The number of carbonyl (C=O) groups excluding carboxylic acids is 2. The van der Waals surface area contributed by atoms with Crippen LogP contribution in [-0.4, -0.2) is 28.5 Å². The Bertz CT molecular complexity index is 1390. The van der Waals surface area contributed by atoms with Crippen molar-refractivity contribution in [1.29, 1.82) is 0 Å². The molecule has 0 aliphatic heterocycles. The molecule has 2 heterocycles. The molecule has 2 aromatic carbocycles. The summed E-state index contributed by atoms with van der Waals surface area (Å²) in [4.78, 5) is 34.1. The van der Waals surface area contributed by atoms with E-state index >= 15 is 0 Å². The van der Waals surface area contributed by atoms with Crippen LogP contribution in [0.15, 0.2) is 47.5 Å². The molecule has 0 aliphatic carbocycles. The van der Waals surface area contributed by atoms with Gasteiger partial charge in [0.05, 0.1) is 22.8 Å². The minimum absolute atomic E-state index is 0.0648. The number of esters is 1. The number of nitrogens with zero attached hydrogens (tertiary/aromatic N) is 3. The van der Waals surface area contributed by atoms with Crippen molar-refractivity contribution in [1.82, 2.24) is 9.55 Å². The fourth-order valence-corrected chi connectivity index (χ4v) is 4.49. The molecule has 0 saturated heterocycles. The SMILES string of the molecule is COC(=O)Cn1c(=NC(=O)c2ccc3nc(C)ccc3c2)sc2ccc(Cl)c(C)c21. The van der Waals surface area contributed by atoms with Gasteiger partial charge in [-0.2, -0.15) is 4.99 Å². The highest BCUT2D eigenvalue weighted by Crippen LogP contribution is 2.27. The number of benzene rings is 2. The maximum absolute atomic E-state index is 12.9. The smallest absolute Gasteiger partial charge is 0.325 e. The van der Waals surface area contributed by atoms with E-state index in [0.29, 0.717) is 15.4 Å². The van der Waals surface area contributed by atoms with Gasteiger partial charge in [0.2, 0.25) is 0 Å². The third-order valence-electron chi connectivity index (χ3n) is 4.82. The normalized spacial score (nSPS) is 11.9. The first-order valence-electron chi connectivity index (χ1n) is 9.19. The topological polar surface area (TPSA) is 73.6 Å². The maximum atomic E-state index is 12.9. The Morgan fingerprint density at radius 2 is 1.97 bits per heavy atom. The van der Waals surface area contributed by atoms with Crippen molar-refractivity contribution < 1.29 is 14.3 Å². The molecule has 0 atom stereocenters. The Kier molecular flexibility index (Phi) is 5.40. The molecule has 0 unspecified atom stereocenters. The van der Waals surface area contributed by atoms with E-state index in [4.69, 9.17) is 16.3 Å². The van der Waals surface area contributed by atoms with E-state index in [0.717, 1.165) is 32.4 Å². The zero-order valence-corrected chi connectivity index (χ0v) is 18.2. The Morgan fingerprint density at radius 3 is 2.73 bits per heavy atom. The number of hydrogen-bond donors (Lipinski definition) is 0. The molecule has 2 aromatic heterocycles. The Morgan fingerprint density at radius 1 is 1.17 bits per heavy atom. The highest BCUT2D eigenvalue weighted by atomic mass is 35.5. The number of thiazole rings is 1. The van der Waals surface area contributed by atoms with Crippen LogP contribution < -0.4 is 4.80 Å². The van der Waals surface area contributed by atoms with Gasteiger partial charge in [-0.1, -0.05) is 29.0 Å². The lowest BCUT2D eigenvalue weighted by atomic mass is 10.1. The fourth-order valence-electron chi connectivity index (χ4n) is 3.25. The minimum Gasteiger partial charge on any atom is -0.468 e. The molecule has 6 nitrogen and oxygen atoms in total. The van der Waals surface area contributed by atoms with Gasteiger partial charge in [-0.15, -0.1) is 0 Å². The lowest BCUT2D eigenvalue weighted by Gasteiger charge is -2.07. The van der Waals surface area contributed by atoms with Crippen LogP contribution in [0.3, 0.4) is 0 Å². The molecule has 8 heteroatoms. The molecule has 30 heavy (non-hydrogen) atoms. The van der Waals surface area contributed by atoms with Gasteiger partial charge in [0, 0.05) is 21.7 Å². The van der Waals surface area contributed by atoms with Crippen LogP contribution in [0.4, 0.5) is 0 Å². The molecule has 152 valence electrons. The number of aryl methyl sites for hydroxylation is 2. The summed E-state index contributed by atoms with van der Waals surface area (Å²) in [6.45, 7) is 3.73. The van der Waals surface area contributed by atoms with E-state index in [2.05, 4.69) is 9.98 Å². The lowest BCUT2D eigenvalue weighted by Crippen LogP contribution is -2.22. The lowest BCUT2D eigenvalue weighted by molar-refractivity contribution is -0.141. The average molecular weight is 440 g/mol. The second-order valence-corrected chi connectivity index (χ2v) is 8.26. The molecule has 0 aliphatic rings. The number of fused-ring (bicyclic) bond motifs is 2. The van der Waals surface area contributed by atoms with Gasteiger partial charge in [0.15, 0.2) is 4.80 Å². The van der Waals surface area contributed by atoms with Crippen molar-refractivity contribution >= 4 is 55.9 Å². The van der Waals surface area contributed by atoms with Crippen LogP contribution in [0.25, 0.3) is 21.1 Å². The molecular formula is C22H18ClN3O3S. The molecule has 1 amide bonds. The van der Waals surface area contributed by atoms with E-state index in [1.807, 2.05) is 38.1 Å². The van der Waals surface area contributed by atoms with E-state index in [9.17, 15) is 9.59 Å². The second-order valence-electron chi connectivity index (χ2n) is 6.84. The van der Waals surface area contributed by atoms with E-state index in [1.54, 1.807) is 22.8 Å². The molecule has 0 spiro atoms. The Hall–Kier alpha value is -3.03. The van der Waals surface area contributed by atoms with Crippen LogP contribution >= 0.6 is 22.9 Å². The summed E-state index contributed by atoms with van der Waals surface area (Å²) in [7, 11) is 1.32. The van der Waals surface area contributed by atoms with Gasteiger partial charge in [0.25, 0.3) is 5.91 Å². The summed E-state index contributed by atoms with van der Waals surface area (Å²) in [5, 5.41) is 1.44. The fraction of sp³-hybridized carbons (Fsp3) is 0.182. The highest BCUT2D eigenvalue weighted by molar-refractivity contribution is 7.16. The highest BCUT2D eigenvalue weighted by Gasteiger charge is 2.15. The molecule has 4 aromatic rings. The number of ether oxygens (including phenoxy) is 1. The maximum Gasteiger partial charge on any atom is 0.325 e. The summed E-state index contributed by atoms with van der Waals surface area (Å²) in [6.07, 6.45) is 0. The largest absolute Gasteiger partial charge is 0.468 e. The minimum atomic E-state index is -0.435. The van der Waals surface area contributed by atoms with Crippen LogP contribution in [0, 0.1) is 13.8 Å². The summed E-state index contributed by atoms with van der Waals surface area (Å²) in [5.74, 6) is -0.832. The van der Waals surface area contributed by atoms with Crippen molar-refractivity contribution in [2.45, 2.75) is 20.4 Å². The molecule has 0 fully saturated rings. The van der Waals surface area contributed by atoms with Gasteiger partial charge in [-0.05, 0) is 55.8 Å². The molecular weight excluding hydrogens is 422 g/mol. The Labute approximate surface area is 181 Å². The van der Waals surface area contributed by atoms with Crippen molar-refractivity contribution in [3.63, 3.8) is 0 Å². The van der Waals surface area contributed by atoms with Gasteiger partial charge >= 0.3 is 5.97 Å². The number of halogens is 1. The van der Waals surface area contributed by atoms with Crippen LogP contribution in [-0.2, 0) is 16.1 Å². The van der Waals surface area contributed by atoms with Gasteiger partial charge < -0.3 is 9.30 Å². The predicted octanol–water partition coefficient (Wildman–Crippen LogP) is 4.44. The van der Waals surface area contributed by atoms with Gasteiger partial charge in [0.1, 0.15) is 6.54 Å². The Balaban J connectivity index is 1.86. The molecule has 0 N–H and O–H groups in total. The number of rotatable bonds is 3. The van der Waals surface area contributed by atoms with Gasteiger partial charge in [-0.25, -0.2) is 0 Å². The third-order valence-corrected chi connectivity index (χ3v) is 6.27. The first kappa shape index (κ1) is 20.3. The predicted molar refractivity (Wildman–Crippen MR) is 118 cm³/mol. The third kappa shape index (κ3) is 3.74. The second kappa shape index (κ2) is 8.01. The van der Waals surface area contributed by atoms with Crippen LogP contribution in [0.2, 0.25) is 5.02 Å².